The molecule has 47 heavy (non-hydrogen) atoms. The van der Waals surface area contributed by atoms with Gasteiger partial charge in [-0.2, -0.15) is 0 Å². The first-order chi connectivity index (χ1) is 23.1. The number of pyridine rings is 2. The highest BCUT2D eigenvalue weighted by molar-refractivity contribution is 6.21. The molecule has 0 atom stereocenters. The maximum absolute atomic E-state index is 4.70. The first kappa shape index (κ1) is 25.3. The van der Waals surface area contributed by atoms with Gasteiger partial charge in [-0.15, -0.1) is 0 Å². The van der Waals surface area contributed by atoms with Crippen LogP contribution in [0.15, 0.2) is 134 Å². The summed E-state index contributed by atoms with van der Waals surface area (Å²) in [5, 5.41) is 5.21. The summed E-state index contributed by atoms with van der Waals surface area (Å²) in [5.41, 5.74) is 20.5. The fourth-order valence-corrected chi connectivity index (χ4v) is 8.92. The summed E-state index contributed by atoms with van der Waals surface area (Å²) in [7, 11) is 0. The molecule has 2 heteroatoms. The van der Waals surface area contributed by atoms with Gasteiger partial charge in [0.1, 0.15) is 0 Å². The summed E-state index contributed by atoms with van der Waals surface area (Å²) in [6.07, 6.45) is 3.76. The van der Waals surface area contributed by atoms with Gasteiger partial charge in [0.15, 0.2) is 0 Å². The second-order valence-electron chi connectivity index (χ2n) is 13.7. The molecule has 8 aromatic rings. The van der Waals surface area contributed by atoms with E-state index in [0.29, 0.717) is 0 Å². The molecule has 2 heterocycles. The van der Waals surface area contributed by atoms with E-state index in [0.717, 1.165) is 11.4 Å². The molecule has 0 bridgehead atoms. The molecule has 0 saturated heterocycles. The zero-order valence-corrected chi connectivity index (χ0v) is 26.1. The number of rotatable bonds is 2. The van der Waals surface area contributed by atoms with E-state index in [1.807, 2.05) is 24.5 Å². The molecule has 0 amide bonds. The van der Waals surface area contributed by atoms with Crippen molar-refractivity contribution in [1.82, 2.24) is 9.97 Å². The van der Waals surface area contributed by atoms with Crippen LogP contribution >= 0.6 is 0 Å². The minimum atomic E-state index is -0.127. The van der Waals surface area contributed by atoms with Crippen molar-refractivity contribution in [1.29, 1.82) is 0 Å². The largest absolute Gasteiger partial charge is 0.256 e. The van der Waals surface area contributed by atoms with Crippen LogP contribution in [-0.2, 0) is 5.41 Å². The molecule has 218 valence electrons. The Balaban J connectivity index is 1.12. The summed E-state index contributed by atoms with van der Waals surface area (Å²) >= 11 is 0. The minimum absolute atomic E-state index is 0.127. The number of nitrogens with zero attached hydrogens (tertiary/aromatic N) is 2. The Morgan fingerprint density at radius 1 is 0.362 bits per heavy atom. The SMILES string of the molecule is CC1(C)c2cc3c(cc2-c2cc4c(cc21)-c1cccc2c(-c5ccccn5)ccc-4c12)-c1ccc(-c2ccccn2)c2cccc-3c12. The Morgan fingerprint density at radius 3 is 1.23 bits per heavy atom. The van der Waals surface area contributed by atoms with Gasteiger partial charge in [-0.1, -0.05) is 86.6 Å². The Morgan fingerprint density at radius 2 is 0.787 bits per heavy atom. The Labute approximate surface area is 273 Å². The molecule has 0 unspecified atom stereocenters. The van der Waals surface area contributed by atoms with Crippen molar-refractivity contribution >= 4 is 21.5 Å². The molecule has 0 saturated carbocycles. The smallest absolute Gasteiger partial charge is 0.0708 e. The molecule has 11 rings (SSSR count). The maximum atomic E-state index is 4.70. The van der Waals surface area contributed by atoms with Crippen molar-refractivity contribution in [2.24, 2.45) is 0 Å². The van der Waals surface area contributed by atoms with Crippen LogP contribution in [0.2, 0.25) is 0 Å². The Bertz CT molecular complexity index is 2500. The fourth-order valence-electron chi connectivity index (χ4n) is 8.92. The molecule has 2 nitrogen and oxygen atoms in total. The lowest BCUT2D eigenvalue weighted by molar-refractivity contribution is 0.661. The van der Waals surface area contributed by atoms with E-state index in [-0.39, 0.29) is 5.41 Å². The van der Waals surface area contributed by atoms with Crippen LogP contribution in [-0.4, -0.2) is 9.97 Å². The predicted octanol–water partition coefficient (Wildman–Crippen LogP) is 11.7. The normalized spacial score (nSPS) is 13.9. The third-order valence-electron chi connectivity index (χ3n) is 11.1. The first-order valence-electron chi connectivity index (χ1n) is 16.4. The van der Waals surface area contributed by atoms with Gasteiger partial charge in [0.2, 0.25) is 0 Å². The zero-order valence-electron chi connectivity index (χ0n) is 26.1. The summed E-state index contributed by atoms with van der Waals surface area (Å²) in [5.74, 6) is 0. The summed E-state index contributed by atoms with van der Waals surface area (Å²) in [6.45, 7) is 4.81. The predicted molar refractivity (Wildman–Crippen MR) is 194 cm³/mol. The summed E-state index contributed by atoms with van der Waals surface area (Å²) in [4.78, 5) is 9.39. The van der Waals surface area contributed by atoms with Gasteiger partial charge in [0.05, 0.1) is 11.4 Å². The van der Waals surface area contributed by atoms with Crippen molar-refractivity contribution in [2.45, 2.75) is 19.3 Å². The van der Waals surface area contributed by atoms with Gasteiger partial charge in [-0.3, -0.25) is 9.97 Å². The van der Waals surface area contributed by atoms with Crippen LogP contribution in [0.3, 0.4) is 0 Å². The lowest BCUT2D eigenvalue weighted by Crippen LogP contribution is -2.15. The molecule has 3 aliphatic carbocycles. The molecular weight excluding hydrogens is 569 g/mol. The number of hydrogen-bond acceptors (Lipinski definition) is 2. The number of hydrogen-bond donors (Lipinski definition) is 0. The van der Waals surface area contributed by atoms with E-state index in [4.69, 9.17) is 9.97 Å². The van der Waals surface area contributed by atoms with Crippen LogP contribution in [0.4, 0.5) is 0 Å². The molecule has 3 aliphatic rings. The van der Waals surface area contributed by atoms with Crippen molar-refractivity contribution in [3.63, 3.8) is 0 Å². The van der Waals surface area contributed by atoms with E-state index < -0.39 is 0 Å². The van der Waals surface area contributed by atoms with E-state index in [1.165, 1.54) is 99.4 Å². The van der Waals surface area contributed by atoms with Gasteiger partial charge in [0, 0.05) is 28.9 Å². The highest BCUT2D eigenvalue weighted by atomic mass is 14.7. The summed E-state index contributed by atoms with van der Waals surface area (Å²) in [6, 6.07) is 45.0. The van der Waals surface area contributed by atoms with Gasteiger partial charge in [0.25, 0.3) is 0 Å². The fraction of sp³-hybridized carbons (Fsp3) is 0.0667. The number of fused-ring (bicyclic) bond motifs is 9. The van der Waals surface area contributed by atoms with Gasteiger partial charge in [-0.05, 0) is 137 Å². The third-order valence-corrected chi connectivity index (χ3v) is 11.1. The van der Waals surface area contributed by atoms with E-state index >= 15 is 0 Å². The Hall–Kier alpha value is -5.86. The van der Waals surface area contributed by atoms with Gasteiger partial charge < -0.3 is 0 Å². The maximum Gasteiger partial charge on any atom is 0.0708 e. The highest BCUT2D eigenvalue weighted by Crippen LogP contribution is 2.59. The lowest BCUT2D eigenvalue weighted by Gasteiger charge is -2.23. The number of aromatic nitrogens is 2. The topological polar surface area (TPSA) is 25.8 Å². The average Bonchev–Trinajstić information content (AvgIpc) is 3.69. The van der Waals surface area contributed by atoms with Crippen LogP contribution in [0.25, 0.3) is 99.7 Å². The average molecular weight is 597 g/mol. The van der Waals surface area contributed by atoms with Gasteiger partial charge in [-0.25, -0.2) is 0 Å². The van der Waals surface area contributed by atoms with Crippen LogP contribution in [0.5, 0.6) is 0 Å². The van der Waals surface area contributed by atoms with Crippen LogP contribution < -0.4 is 0 Å². The zero-order chi connectivity index (χ0) is 31.0. The first-order valence-corrected chi connectivity index (χ1v) is 16.4. The van der Waals surface area contributed by atoms with Gasteiger partial charge >= 0.3 is 0 Å². The van der Waals surface area contributed by atoms with Crippen molar-refractivity contribution < 1.29 is 0 Å². The Kier molecular flexibility index (Phi) is 4.68. The molecular formula is C45H28N2. The molecule has 0 aliphatic heterocycles. The van der Waals surface area contributed by atoms with E-state index in [2.05, 4.69) is 123 Å². The highest BCUT2D eigenvalue weighted by Gasteiger charge is 2.39. The third kappa shape index (κ3) is 3.15. The molecule has 6 aromatic carbocycles. The lowest BCUT2D eigenvalue weighted by atomic mass is 9.80. The minimum Gasteiger partial charge on any atom is -0.256 e. The van der Waals surface area contributed by atoms with Crippen molar-refractivity contribution in [2.75, 3.05) is 0 Å². The molecule has 0 fully saturated rings. The number of benzene rings is 6. The monoisotopic (exact) mass is 596 g/mol. The molecule has 2 aromatic heterocycles. The second kappa shape index (κ2) is 8.69. The standard InChI is InChI=1S/C45H28N2/c1-45(2)39-23-35-29-11-7-9-27-25(41-13-3-5-19-46-41)15-17-31(43(27)29)33(35)21-37(39)38-22-34-32-18-16-26(42-14-4-6-20-47-42)28-10-8-12-30(44(28)32)36(34)24-40(38)45/h3-24H,1-2H3. The van der Waals surface area contributed by atoms with Crippen molar-refractivity contribution in [3.8, 4) is 78.1 Å². The quantitative estimate of drug-likeness (QED) is 0.198. The van der Waals surface area contributed by atoms with E-state index in [1.54, 1.807) is 0 Å². The molecule has 0 N–H and O–H groups in total. The van der Waals surface area contributed by atoms with E-state index in [9.17, 15) is 0 Å². The summed E-state index contributed by atoms with van der Waals surface area (Å²) < 4.78 is 0. The molecule has 0 spiro atoms. The van der Waals surface area contributed by atoms with Crippen LogP contribution in [0, 0.1) is 0 Å². The second-order valence-corrected chi connectivity index (χ2v) is 13.7. The van der Waals surface area contributed by atoms with Crippen LogP contribution in [0.1, 0.15) is 25.0 Å². The van der Waals surface area contributed by atoms with Crippen molar-refractivity contribution in [3.05, 3.63) is 145 Å². The molecule has 0 radical (unpaired) electrons.